The Labute approximate surface area is 103 Å². The average molecular weight is 239 g/mol. The molecule has 1 aromatic carbocycles. The molecular formula is C13H21NO3. The maximum Gasteiger partial charge on any atom is 0.161 e. The second kappa shape index (κ2) is 9.63. The lowest BCUT2D eigenvalue weighted by molar-refractivity contribution is 0.171. The smallest absolute Gasteiger partial charge is 0.161 e. The summed E-state index contributed by atoms with van der Waals surface area (Å²) in [5, 5.41) is 2.81. The first-order valence-corrected chi connectivity index (χ1v) is 6.08. The Morgan fingerprint density at radius 3 is 2.24 bits per heavy atom. The highest BCUT2D eigenvalue weighted by atomic mass is 16.6. The molecule has 0 atom stereocenters. The molecule has 4 nitrogen and oxygen atoms in total. The Morgan fingerprint density at radius 2 is 1.65 bits per heavy atom. The lowest BCUT2D eigenvalue weighted by Crippen LogP contribution is -2.15. The van der Waals surface area contributed by atoms with Crippen molar-refractivity contribution in [3.05, 3.63) is 28.7 Å². The average Bonchev–Trinajstić information content (AvgIpc) is 2.43. The van der Waals surface area contributed by atoms with Crippen LogP contribution in [0.25, 0.3) is 0 Å². The van der Waals surface area contributed by atoms with Crippen LogP contribution in [0.2, 0.25) is 0 Å². The molecule has 96 valence electrons. The standard InChI is InChI=1S/C9H9NO3.2C2H6/c11-10-6-7-1-2-8-9(5-7)13-4-3-12-8;2*1-2/h1-2,5H,3-4,6H2;2*1-2H3. The lowest BCUT2D eigenvalue weighted by atomic mass is 10.2. The molecule has 0 bridgehead atoms. The van der Waals surface area contributed by atoms with Gasteiger partial charge in [-0.2, -0.15) is 4.91 Å². The van der Waals surface area contributed by atoms with Gasteiger partial charge in [-0.15, -0.1) is 0 Å². The van der Waals surface area contributed by atoms with Gasteiger partial charge < -0.3 is 9.47 Å². The van der Waals surface area contributed by atoms with Crippen molar-refractivity contribution in [1.29, 1.82) is 0 Å². The highest BCUT2D eigenvalue weighted by Gasteiger charge is 2.11. The van der Waals surface area contributed by atoms with Crippen LogP contribution in [0.4, 0.5) is 0 Å². The molecule has 1 aromatic rings. The molecular weight excluding hydrogens is 218 g/mol. The summed E-state index contributed by atoms with van der Waals surface area (Å²) in [7, 11) is 0. The second-order valence-electron chi connectivity index (χ2n) is 2.77. The van der Waals surface area contributed by atoms with Crippen molar-refractivity contribution in [3.8, 4) is 11.5 Å². The number of hydrogen-bond donors (Lipinski definition) is 0. The molecule has 0 aliphatic carbocycles. The first kappa shape index (κ1) is 15.4. The van der Waals surface area contributed by atoms with E-state index in [9.17, 15) is 4.91 Å². The first-order valence-electron chi connectivity index (χ1n) is 6.08. The first-order chi connectivity index (χ1) is 8.40. The fourth-order valence-corrected chi connectivity index (χ4v) is 1.26. The summed E-state index contributed by atoms with van der Waals surface area (Å²) in [6.45, 7) is 9.32. The van der Waals surface area contributed by atoms with Crippen LogP contribution in [0, 0.1) is 4.91 Å². The second-order valence-corrected chi connectivity index (χ2v) is 2.77. The van der Waals surface area contributed by atoms with Crippen molar-refractivity contribution >= 4 is 0 Å². The van der Waals surface area contributed by atoms with E-state index in [1.807, 2.05) is 33.8 Å². The van der Waals surface area contributed by atoms with E-state index in [1.54, 1.807) is 12.1 Å². The number of benzene rings is 1. The van der Waals surface area contributed by atoms with Crippen molar-refractivity contribution < 1.29 is 9.47 Å². The van der Waals surface area contributed by atoms with Crippen molar-refractivity contribution in [2.45, 2.75) is 34.2 Å². The van der Waals surface area contributed by atoms with Gasteiger partial charge in [-0.05, 0) is 17.7 Å². The zero-order chi connectivity index (χ0) is 13.1. The van der Waals surface area contributed by atoms with Gasteiger partial charge >= 0.3 is 0 Å². The van der Waals surface area contributed by atoms with Crippen molar-refractivity contribution in [3.63, 3.8) is 0 Å². The summed E-state index contributed by atoms with van der Waals surface area (Å²) in [5.74, 6) is 1.44. The van der Waals surface area contributed by atoms with Crippen LogP contribution in [-0.2, 0) is 6.54 Å². The van der Waals surface area contributed by atoms with Crippen LogP contribution in [0.3, 0.4) is 0 Å². The molecule has 0 amide bonds. The maximum atomic E-state index is 10.0. The minimum Gasteiger partial charge on any atom is -0.486 e. The van der Waals surface area contributed by atoms with Crippen LogP contribution >= 0.6 is 0 Å². The molecule has 1 aliphatic rings. The maximum absolute atomic E-state index is 10.0. The van der Waals surface area contributed by atoms with Crippen LogP contribution < -0.4 is 9.47 Å². The minimum atomic E-state index is 0.177. The number of nitroso groups, excluding NO2 is 1. The van der Waals surface area contributed by atoms with E-state index in [1.165, 1.54) is 0 Å². The van der Waals surface area contributed by atoms with Crippen molar-refractivity contribution in [2.24, 2.45) is 5.18 Å². The summed E-state index contributed by atoms with van der Waals surface area (Å²) in [4.78, 5) is 10.0. The Kier molecular flexibility index (Phi) is 8.74. The normalized spacial score (nSPS) is 11.3. The third-order valence-corrected chi connectivity index (χ3v) is 1.85. The quantitative estimate of drug-likeness (QED) is 0.738. The van der Waals surface area contributed by atoms with Crippen molar-refractivity contribution in [2.75, 3.05) is 13.2 Å². The molecule has 0 spiro atoms. The van der Waals surface area contributed by atoms with Crippen LogP contribution in [-0.4, -0.2) is 13.2 Å². The number of ether oxygens (including phenoxy) is 2. The van der Waals surface area contributed by atoms with E-state index in [0.29, 0.717) is 19.0 Å². The van der Waals surface area contributed by atoms with Gasteiger partial charge in [-0.1, -0.05) is 38.9 Å². The van der Waals surface area contributed by atoms with Gasteiger partial charge in [0.1, 0.15) is 19.8 Å². The molecule has 0 unspecified atom stereocenters. The summed E-state index contributed by atoms with van der Waals surface area (Å²) in [6.07, 6.45) is 0. The largest absolute Gasteiger partial charge is 0.486 e. The zero-order valence-electron chi connectivity index (χ0n) is 11.0. The molecule has 1 heterocycles. The van der Waals surface area contributed by atoms with Gasteiger partial charge in [-0.25, -0.2) is 0 Å². The Bertz CT molecular complexity index is 326. The molecule has 0 saturated heterocycles. The number of fused-ring (bicyclic) bond motifs is 1. The highest BCUT2D eigenvalue weighted by Crippen LogP contribution is 2.30. The van der Waals surface area contributed by atoms with Crippen molar-refractivity contribution in [1.82, 2.24) is 0 Å². The molecule has 0 fully saturated rings. The molecule has 2 rings (SSSR count). The molecule has 0 radical (unpaired) electrons. The van der Waals surface area contributed by atoms with E-state index < -0.39 is 0 Å². The molecule has 17 heavy (non-hydrogen) atoms. The fraction of sp³-hybridized carbons (Fsp3) is 0.538. The molecule has 1 aliphatic heterocycles. The van der Waals surface area contributed by atoms with Crippen LogP contribution in [0.15, 0.2) is 23.4 Å². The number of hydrogen-bond acceptors (Lipinski definition) is 4. The lowest BCUT2D eigenvalue weighted by Gasteiger charge is -2.18. The predicted molar refractivity (Wildman–Crippen MR) is 69.6 cm³/mol. The monoisotopic (exact) mass is 239 g/mol. The van der Waals surface area contributed by atoms with Gasteiger partial charge in [0, 0.05) is 0 Å². The number of nitrogens with zero attached hydrogens (tertiary/aromatic N) is 1. The van der Waals surface area contributed by atoms with Gasteiger partial charge in [0.05, 0.1) is 0 Å². The fourth-order valence-electron chi connectivity index (χ4n) is 1.26. The van der Waals surface area contributed by atoms with E-state index in [0.717, 1.165) is 11.3 Å². The van der Waals surface area contributed by atoms with Gasteiger partial charge in [-0.3, -0.25) is 0 Å². The molecule has 0 aromatic heterocycles. The topological polar surface area (TPSA) is 47.9 Å². The Balaban J connectivity index is 0.000000581. The zero-order valence-corrected chi connectivity index (χ0v) is 11.0. The highest BCUT2D eigenvalue weighted by molar-refractivity contribution is 5.43. The summed E-state index contributed by atoms with van der Waals surface area (Å²) < 4.78 is 10.7. The Morgan fingerprint density at radius 1 is 1.06 bits per heavy atom. The third-order valence-electron chi connectivity index (χ3n) is 1.85. The van der Waals surface area contributed by atoms with E-state index in [-0.39, 0.29) is 6.54 Å². The molecule has 0 N–H and O–H groups in total. The van der Waals surface area contributed by atoms with Gasteiger partial charge in [0.25, 0.3) is 0 Å². The van der Waals surface area contributed by atoms with E-state index in [4.69, 9.17) is 9.47 Å². The van der Waals surface area contributed by atoms with Crippen LogP contribution in [0.1, 0.15) is 33.3 Å². The van der Waals surface area contributed by atoms with E-state index >= 15 is 0 Å². The summed E-state index contributed by atoms with van der Waals surface area (Å²) in [5.41, 5.74) is 0.847. The predicted octanol–water partition coefficient (Wildman–Crippen LogP) is 3.78. The molecule has 4 heteroatoms. The van der Waals surface area contributed by atoms with Gasteiger partial charge in [0.2, 0.25) is 0 Å². The summed E-state index contributed by atoms with van der Waals surface area (Å²) in [6, 6.07) is 5.40. The minimum absolute atomic E-state index is 0.177. The van der Waals surface area contributed by atoms with Crippen LogP contribution in [0.5, 0.6) is 11.5 Å². The third kappa shape index (κ3) is 4.85. The van der Waals surface area contributed by atoms with E-state index in [2.05, 4.69) is 5.18 Å². The van der Waals surface area contributed by atoms with Gasteiger partial charge in [0.15, 0.2) is 11.5 Å². The SMILES string of the molecule is CC.CC.O=NCc1ccc2c(c1)OCCO2. The summed E-state index contributed by atoms with van der Waals surface area (Å²) >= 11 is 0. The Hall–Kier alpha value is -1.58. The number of rotatable bonds is 2. The molecule has 0 saturated carbocycles.